The maximum atomic E-state index is 3.66. The molecule has 0 fully saturated rings. The lowest BCUT2D eigenvalue weighted by atomic mass is 9.89. The highest BCUT2D eigenvalue weighted by Crippen LogP contribution is 2.29. The number of benzene rings is 2. The van der Waals surface area contributed by atoms with Crippen molar-refractivity contribution >= 4 is 0 Å². The predicted octanol–water partition coefficient (Wildman–Crippen LogP) is 4.93. The van der Waals surface area contributed by atoms with Crippen molar-refractivity contribution in [3.63, 3.8) is 0 Å². The first-order valence-corrected chi connectivity index (χ1v) is 7.82. The smallest absolute Gasteiger partial charge is 0.0581 e. The van der Waals surface area contributed by atoms with E-state index in [9.17, 15) is 0 Å². The van der Waals surface area contributed by atoms with E-state index in [1.807, 2.05) is 0 Å². The third kappa shape index (κ3) is 3.36. The van der Waals surface area contributed by atoms with E-state index in [1.54, 1.807) is 0 Å². The van der Waals surface area contributed by atoms with Gasteiger partial charge in [-0.25, -0.2) is 0 Å². The van der Waals surface area contributed by atoms with Gasteiger partial charge >= 0.3 is 0 Å². The molecule has 0 spiro atoms. The summed E-state index contributed by atoms with van der Waals surface area (Å²) >= 11 is 0. The summed E-state index contributed by atoms with van der Waals surface area (Å²) in [5, 5.41) is 3.66. The molecule has 0 saturated carbocycles. The van der Waals surface area contributed by atoms with Gasteiger partial charge in [0.05, 0.1) is 6.04 Å². The molecule has 2 aromatic carbocycles. The molecule has 1 N–H and O–H groups in total. The van der Waals surface area contributed by atoms with Crippen molar-refractivity contribution in [3.05, 3.63) is 69.3 Å². The molecule has 0 amide bonds. The molecule has 1 atom stereocenters. The van der Waals surface area contributed by atoms with Crippen molar-refractivity contribution < 1.29 is 0 Å². The van der Waals surface area contributed by atoms with Gasteiger partial charge in [-0.05, 0) is 74.5 Å². The van der Waals surface area contributed by atoms with Crippen molar-refractivity contribution in [1.29, 1.82) is 0 Å². The highest BCUT2D eigenvalue weighted by molar-refractivity contribution is 5.45. The fourth-order valence-corrected chi connectivity index (χ4v) is 3.03. The van der Waals surface area contributed by atoms with Gasteiger partial charge in [0.25, 0.3) is 0 Å². The minimum atomic E-state index is 0.273. The van der Waals surface area contributed by atoms with Crippen LogP contribution in [0.4, 0.5) is 0 Å². The van der Waals surface area contributed by atoms with Crippen LogP contribution in [0.15, 0.2) is 30.3 Å². The summed E-state index contributed by atoms with van der Waals surface area (Å²) in [4.78, 5) is 0. The molecule has 1 heteroatoms. The van der Waals surface area contributed by atoms with Gasteiger partial charge in [0.1, 0.15) is 0 Å². The number of nitrogens with one attached hydrogen (secondary N) is 1. The molecule has 0 aliphatic rings. The van der Waals surface area contributed by atoms with Crippen LogP contribution in [0, 0.1) is 34.6 Å². The van der Waals surface area contributed by atoms with Gasteiger partial charge in [0, 0.05) is 0 Å². The quantitative estimate of drug-likeness (QED) is 0.838. The average Bonchev–Trinajstić information content (AvgIpc) is 2.41. The Bertz CT molecular complexity index is 641. The zero-order valence-corrected chi connectivity index (χ0v) is 14.2. The van der Waals surface area contributed by atoms with Crippen molar-refractivity contribution in [3.8, 4) is 0 Å². The molecule has 0 bridgehead atoms. The summed E-state index contributed by atoms with van der Waals surface area (Å²) in [5.41, 5.74) is 9.56. The minimum Gasteiger partial charge on any atom is -0.307 e. The second-order valence-electron chi connectivity index (χ2n) is 6.14. The van der Waals surface area contributed by atoms with E-state index in [4.69, 9.17) is 0 Å². The molecule has 2 rings (SSSR count). The second kappa shape index (κ2) is 6.44. The standard InChI is InChI=1S/C20H27N/c1-7-21-20(18-9-8-13(2)10-16(18)5)19-12-15(4)14(3)11-17(19)6/h8-12,20-21H,7H2,1-6H3. The van der Waals surface area contributed by atoms with E-state index in [0.29, 0.717) is 0 Å². The maximum Gasteiger partial charge on any atom is 0.0581 e. The lowest BCUT2D eigenvalue weighted by Gasteiger charge is -2.24. The molecule has 1 unspecified atom stereocenters. The summed E-state index contributed by atoms with van der Waals surface area (Å²) in [6, 6.07) is 11.7. The Morgan fingerprint density at radius 1 is 0.762 bits per heavy atom. The SMILES string of the molecule is CCNC(c1ccc(C)cc1C)c1cc(C)c(C)cc1C. The van der Waals surface area contributed by atoms with E-state index < -0.39 is 0 Å². The largest absolute Gasteiger partial charge is 0.307 e. The predicted molar refractivity (Wildman–Crippen MR) is 92.1 cm³/mol. The zero-order valence-electron chi connectivity index (χ0n) is 14.2. The first-order valence-electron chi connectivity index (χ1n) is 7.82. The summed E-state index contributed by atoms with van der Waals surface area (Å²) in [6.07, 6.45) is 0. The van der Waals surface area contributed by atoms with Crippen LogP contribution in [0.25, 0.3) is 0 Å². The van der Waals surface area contributed by atoms with E-state index in [-0.39, 0.29) is 6.04 Å². The van der Waals surface area contributed by atoms with Gasteiger partial charge in [0.2, 0.25) is 0 Å². The van der Waals surface area contributed by atoms with Crippen molar-refractivity contribution in [2.45, 2.75) is 47.6 Å². The van der Waals surface area contributed by atoms with Crippen LogP contribution in [0.3, 0.4) is 0 Å². The van der Waals surface area contributed by atoms with Crippen LogP contribution >= 0.6 is 0 Å². The average molecular weight is 281 g/mol. The summed E-state index contributed by atoms with van der Waals surface area (Å²) in [5.74, 6) is 0. The Morgan fingerprint density at radius 3 is 2.00 bits per heavy atom. The van der Waals surface area contributed by atoms with E-state index in [1.165, 1.54) is 38.9 Å². The Morgan fingerprint density at radius 2 is 1.38 bits per heavy atom. The van der Waals surface area contributed by atoms with Crippen molar-refractivity contribution in [1.82, 2.24) is 5.32 Å². The Hall–Kier alpha value is -1.60. The minimum absolute atomic E-state index is 0.273. The molecule has 2 aromatic rings. The second-order valence-corrected chi connectivity index (χ2v) is 6.14. The lowest BCUT2D eigenvalue weighted by molar-refractivity contribution is 0.624. The van der Waals surface area contributed by atoms with Crippen LogP contribution in [0.1, 0.15) is 51.9 Å². The Kier molecular flexibility index (Phi) is 4.84. The van der Waals surface area contributed by atoms with E-state index >= 15 is 0 Å². The number of hydrogen-bond acceptors (Lipinski definition) is 1. The summed E-state index contributed by atoms with van der Waals surface area (Å²) in [7, 11) is 0. The number of rotatable bonds is 4. The fraction of sp³-hybridized carbons (Fsp3) is 0.400. The van der Waals surface area contributed by atoms with Crippen LogP contribution in [0.2, 0.25) is 0 Å². The van der Waals surface area contributed by atoms with Crippen molar-refractivity contribution in [2.24, 2.45) is 0 Å². The van der Waals surface area contributed by atoms with Gasteiger partial charge in [-0.1, -0.05) is 42.8 Å². The molecule has 0 aliphatic carbocycles. The first kappa shape index (κ1) is 15.8. The van der Waals surface area contributed by atoms with Gasteiger partial charge in [-0.3, -0.25) is 0 Å². The molecule has 0 radical (unpaired) electrons. The molecule has 1 nitrogen and oxygen atoms in total. The fourth-order valence-electron chi connectivity index (χ4n) is 3.03. The number of aryl methyl sites for hydroxylation is 5. The van der Waals surface area contributed by atoms with Crippen molar-refractivity contribution in [2.75, 3.05) is 6.54 Å². The van der Waals surface area contributed by atoms with Crippen LogP contribution < -0.4 is 5.32 Å². The van der Waals surface area contributed by atoms with Gasteiger partial charge in [0.15, 0.2) is 0 Å². The molecule has 112 valence electrons. The monoisotopic (exact) mass is 281 g/mol. The molecule has 0 heterocycles. The molecular formula is C20H27N. The molecule has 21 heavy (non-hydrogen) atoms. The topological polar surface area (TPSA) is 12.0 Å². The third-order valence-electron chi connectivity index (χ3n) is 4.34. The van der Waals surface area contributed by atoms with Crippen LogP contribution in [-0.2, 0) is 0 Å². The molecule has 0 aromatic heterocycles. The third-order valence-corrected chi connectivity index (χ3v) is 4.34. The molecule has 0 aliphatic heterocycles. The van der Waals surface area contributed by atoms with Gasteiger partial charge < -0.3 is 5.32 Å². The van der Waals surface area contributed by atoms with E-state index in [0.717, 1.165) is 6.54 Å². The maximum absolute atomic E-state index is 3.66. The lowest BCUT2D eigenvalue weighted by Crippen LogP contribution is -2.23. The Labute approximate surface area is 129 Å². The van der Waals surface area contributed by atoms with E-state index in [2.05, 4.69) is 77.2 Å². The van der Waals surface area contributed by atoms with Gasteiger partial charge in [-0.2, -0.15) is 0 Å². The molecule has 0 saturated heterocycles. The summed E-state index contributed by atoms with van der Waals surface area (Å²) < 4.78 is 0. The summed E-state index contributed by atoms with van der Waals surface area (Å²) in [6.45, 7) is 14.1. The van der Waals surface area contributed by atoms with Crippen LogP contribution in [-0.4, -0.2) is 6.54 Å². The highest BCUT2D eigenvalue weighted by Gasteiger charge is 2.17. The highest BCUT2D eigenvalue weighted by atomic mass is 14.9. The number of hydrogen-bond donors (Lipinski definition) is 1. The normalized spacial score (nSPS) is 12.5. The van der Waals surface area contributed by atoms with Crippen LogP contribution in [0.5, 0.6) is 0 Å². The molecular weight excluding hydrogens is 254 g/mol. The zero-order chi connectivity index (χ0) is 15.6. The first-order chi connectivity index (χ1) is 9.93. The Balaban J connectivity index is 2.55. The van der Waals surface area contributed by atoms with Gasteiger partial charge in [-0.15, -0.1) is 0 Å².